The molecule has 1 aromatic carbocycles. The Balaban J connectivity index is 1.60. The summed E-state index contributed by atoms with van der Waals surface area (Å²) in [6.07, 6.45) is -0.311. The van der Waals surface area contributed by atoms with Crippen molar-refractivity contribution in [2.75, 3.05) is 18.4 Å². The summed E-state index contributed by atoms with van der Waals surface area (Å²) in [6, 6.07) is 6.79. The summed E-state index contributed by atoms with van der Waals surface area (Å²) in [5.41, 5.74) is 9.62. The second kappa shape index (κ2) is 9.78. The van der Waals surface area contributed by atoms with E-state index in [0.717, 1.165) is 5.69 Å². The van der Waals surface area contributed by atoms with E-state index in [4.69, 9.17) is 5.53 Å². The largest absolute Gasteiger partial charge is 0.383 e. The SMILES string of the molecule is [N-]=[N+]=Nc1ccc(NCCNC(=O)CCC(=O)ON2C(=O)CCC2=O)cc1. The Hall–Kier alpha value is -3.59. The van der Waals surface area contributed by atoms with Gasteiger partial charge in [0.1, 0.15) is 0 Å². The van der Waals surface area contributed by atoms with Crippen molar-refractivity contribution in [1.82, 2.24) is 10.4 Å². The summed E-state index contributed by atoms with van der Waals surface area (Å²) in [7, 11) is 0. The highest BCUT2D eigenvalue weighted by atomic mass is 16.7. The molecule has 11 nitrogen and oxygen atoms in total. The van der Waals surface area contributed by atoms with Crippen LogP contribution in [0.3, 0.4) is 0 Å². The molecule has 3 amide bonds. The van der Waals surface area contributed by atoms with Crippen LogP contribution in [0.1, 0.15) is 25.7 Å². The number of carbonyl (C=O) groups is 4. The highest BCUT2D eigenvalue weighted by Crippen LogP contribution is 2.16. The summed E-state index contributed by atoms with van der Waals surface area (Å²) in [6.45, 7) is 0.781. The van der Waals surface area contributed by atoms with Gasteiger partial charge in [-0.05, 0) is 17.7 Å². The number of benzene rings is 1. The Bertz CT molecular complexity index is 756. The van der Waals surface area contributed by atoms with E-state index in [1.807, 2.05) is 0 Å². The fraction of sp³-hybridized carbons (Fsp3) is 0.375. The third-order valence-electron chi connectivity index (χ3n) is 3.56. The average Bonchev–Trinajstić information content (AvgIpc) is 2.97. The summed E-state index contributed by atoms with van der Waals surface area (Å²) in [4.78, 5) is 53.3. The van der Waals surface area contributed by atoms with Crippen molar-refractivity contribution in [1.29, 1.82) is 0 Å². The molecule has 1 aliphatic rings. The molecule has 0 spiro atoms. The molecule has 11 heteroatoms. The van der Waals surface area contributed by atoms with Crippen LogP contribution in [0.2, 0.25) is 0 Å². The van der Waals surface area contributed by atoms with Crippen molar-refractivity contribution < 1.29 is 24.0 Å². The fourth-order valence-electron chi connectivity index (χ4n) is 2.22. The molecule has 0 saturated carbocycles. The molecule has 1 saturated heterocycles. The van der Waals surface area contributed by atoms with Crippen LogP contribution in [0.5, 0.6) is 0 Å². The molecular formula is C16H18N6O5. The first-order valence-corrected chi connectivity index (χ1v) is 8.22. The Morgan fingerprint density at radius 1 is 1.11 bits per heavy atom. The van der Waals surface area contributed by atoms with E-state index in [0.29, 0.717) is 23.8 Å². The van der Waals surface area contributed by atoms with E-state index < -0.39 is 17.8 Å². The third kappa shape index (κ3) is 6.33. The van der Waals surface area contributed by atoms with Gasteiger partial charge in [-0.25, -0.2) is 4.79 Å². The molecule has 2 N–H and O–H groups in total. The van der Waals surface area contributed by atoms with Crippen LogP contribution in [-0.4, -0.2) is 41.8 Å². The van der Waals surface area contributed by atoms with E-state index in [1.54, 1.807) is 24.3 Å². The van der Waals surface area contributed by atoms with Crippen LogP contribution in [0, 0.1) is 0 Å². The molecule has 142 valence electrons. The molecular weight excluding hydrogens is 356 g/mol. The molecule has 0 unspecified atom stereocenters. The zero-order valence-electron chi connectivity index (χ0n) is 14.4. The van der Waals surface area contributed by atoms with E-state index in [9.17, 15) is 19.2 Å². The lowest BCUT2D eigenvalue weighted by Crippen LogP contribution is -2.33. The topological polar surface area (TPSA) is 154 Å². The van der Waals surface area contributed by atoms with Gasteiger partial charge in [-0.15, -0.1) is 5.06 Å². The minimum Gasteiger partial charge on any atom is -0.383 e. The molecule has 2 rings (SSSR count). The smallest absolute Gasteiger partial charge is 0.333 e. The van der Waals surface area contributed by atoms with E-state index in [1.165, 1.54) is 0 Å². The molecule has 1 aromatic rings. The van der Waals surface area contributed by atoms with E-state index in [-0.39, 0.29) is 31.6 Å². The number of hydroxylamine groups is 2. The number of azide groups is 1. The standard InChI is InChI=1S/C16H18N6O5/c17-21-20-12-3-1-11(2-4-12)18-9-10-19-13(23)5-8-16(26)27-22-14(24)6-7-15(22)25/h1-4,18H,5-10H2,(H,19,23). The van der Waals surface area contributed by atoms with Crippen molar-refractivity contribution in [3.63, 3.8) is 0 Å². The predicted octanol–water partition coefficient (Wildman–Crippen LogP) is 1.54. The van der Waals surface area contributed by atoms with Crippen molar-refractivity contribution in [2.45, 2.75) is 25.7 Å². The summed E-state index contributed by atoms with van der Waals surface area (Å²) in [5, 5.41) is 9.61. The third-order valence-corrected chi connectivity index (χ3v) is 3.56. The highest BCUT2D eigenvalue weighted by Gasteiger charge is 2.32. The van der Waals surface area contributed by atoms with E-state index in [2.05, 4.69) is 25.5 Å². The maximum Gasteiger partial charge on any atom is 0.333 e. The zero-order chi connectivity index (χ0) is 19.6. The average molecular weight is 374 g/mol. The summed E-state index contributed by atoms with van der Waals surface area (Å²) >= 11 is 0. The number of hydrogen-bond acceptors (Lipinski definition) is 7. The Morgan fingerprint density at radius 2 is 1.78 bits per heavy atom. The molecule has 0 aliphatic carbocycles. The molecule has 1 heterocycles. The van der Waals surface area contributed by atoms with Gasteiger partial charge in [-0.1, -0.05) is 17.2 Å². The van der Waals surface area contributed by atoms with Gasteiger partial charge in [0.05, 0.1) is 6.42 Å². The van der Waals surface area contributed by atoms with Crippen LogP contribution in [0.15, 0.2) is 29.4 Å². The van der Waals surface area contributed by atoms with Gasteiger partial charge in [0.25, 0.3) is 11.8 Å². The van der Waals surface area contributed by atoms with Crippen molar-refractivity contribution in [3.05, 3.63) is 34.7 Å². The molecule has 0 bridgehead atoms. The lowest BCUT2D eigenvalue weighted by molar-refractivity contribution is -0.197. The molecule has 0 aromatic heterocycles. The number of hydrogen-bond donors (Lipinski definition) is 2. The predicted molar refractivity (Wildman–Crippen MR) is 93.2 cm³/mol. The van der Waals surface area contributed by atoms with Gasteiger partial charge in [0, 0.05) is 48.6 Å². The van der Waals surface area contributed by atoms with Crippen LogP contribution in [0.25, 0.3) is 10.4 Å². The van der Waals surface area contributed by atoms with Gasteiger partial charge < -0.3 is 15.5 Å². The molecule has 27 heavy (non-hydrogen) atoms. The Kier molecular flexibility index (Phi) is 7.15. The Labute approximate surface area is 154 Å². The lowest BCUT2D eigenvalue weighted by atomic mass is 10.3. The normalized spacial score (nSPS) is 13.1. The minimum absolute atomic E-state index is 0.0217. The fourth-order valence-corrected chi connectivity index (χ4v) is 2.22. The second-order valence-electron chi connectivity index (χ2n) is 5.56. The quantitative estimate of drug-likeness (QED) is 0.220. The number of imide groups is 1. The molecule has 1 aliphatic heterocycles. The van der Waals surface area contributed by atoms with Gasteiger partial charge in [0.15, 0.2) is 0 Å². The maximum absolute atomic E-state index is 11.7. The van der Waals surface area contributed by atoms with Crippen LogP contribution >= 0.6 is 0 Å². The monoisotopic (exact) mass is 374 g/mol. The zero-order valence-corrected chi connectivity index (χ0v) is 14.4. The van der Waals surface area contributed by atoms with Gasteiger partial charge in [-0.2, -0.15) is 0 Å². The highest BCUT2D eigenvalue weighted by molar-refractivity contribution is 6.01. The molecule has 0 radical (unpaired) electrons. The second-order valence-corrected chi connectivity index (χ2v) is 5.56. The van der Waals surface area contributed by atoms with Crippen molar-refractivity contribution >= 4 is 35.1 Å². The molecule has 1 fully saturated rings. The van der Waals surface area contributed by atoms with Crippen molar-refractivity contribution in [3.8, 4) is 0 Å². The van der Waals surface area contributed by atoms with Crippen molar-refractivity contribution in [2.24, 2.45) is 5.11 Å². The van der Waals surface area contributed by atoms with Gasteiger partial charge in [0.2, 0.25) is 5.91 Å². The Morgan fingerprint density at radius 3 is 2.41 bits per heavy atom. The van der Waals surface area contributed by atoms with Crippen LogP contribution in [0.4, 0.5) is 11.4 Å². The number of anilines is 1. The number of nitrogens with one attached hydrogen (secondary N) is 2. The summed E-state index contributed by atoms with van der Waals surface area (Å²) < 4.78 is 0. The lowest BCUT2D eigenvalue weighted by Gasteiger charge is -2.12. The minimum atomic E-state index is -0.813. The summed E-state index contributed by atoms with van der Waals surface area (Å²) in [5.74, 6) is -2.29. The van der Waals surface area contributed by atoms with Crippen LogP contribution < -0.4 is 10.6 Å². The van der Waals surface area contributed by atoms with Gasteiger partial charge in [-0.3, -0.25) is 14.4 Å². The van der Waals surface area contributed by atoms with Gasteiger partial charge >= 0.3 is 5.97 Å². The van der Waals surface area contributed by atoms with E-state index >= 15 is 0 Å². The first-order valence-electron chi connectivity index (χ1n) is 8.22. The number of carbonyl (C=O) groups excluding carboxylic acids is 4. The molecule has 0 atom stereocenters. The number of rotatable bonds is 9. The number of amides is 3. The first kappa shape index (κ1) is 19.7. The van der Waals surface area contributed by atoms with Crippen LogP contribution in [-0.2, 0) is 24.0 Å². The maximum atomic E-state index is 11.7. The first-order chi connectivity index (χ1) is 13.0. The number of nitrogens with zero attached hydrogens (tertiary/aromatic N) is 4.